The van der Waals surface area contributed by atoms with Gasteiger partial charge in [-0.05, 0) is 31.3 Å². The van der Waals surface area contributed by atoms with Crippen LogP contribution in [-0.4, -0.2) is 67.8 Å². The predicted molar refractivity (Wildman–Crippen MR) is 78.0 cm³/mol. The second-order valence-electron chi connectivity index (χ2n) is 4.93. The molecule has 116 valence electrons. The molecule has 0 heterocycles. The van der Waals surface area contributed by atoms with Gasteiger partial charge in [0.05, 0.1) is 24.3 Å². The molecule has 0 amide bonds. The highest BCUT2D eigenvalue weighted by atomic mass is 16.5. The minimum atomic E-state index is -0.666. The maximum atomic E-state index is 9.89. The molecule has 6 heteroatoms. The fraction of sp³-hybridized carbons (Fsp3) is 0.533. The van der Waals surface area contributed by atoms with E-state index in [0.29, 0.717) is 24.4 Å². The molecule has 2 atom stereocenters. The summed E-state index contributed by atoms with van der Waals surface area (Å²) in [5.41, 5.74) is 0.565. The van der Waals surface area contributed by atoms with Gasteiger partial charge in [0.15, 0.2) is 0 Å². The average Bonchev–Trinajstić information content (AvgIpc) is 2.45. The largest absolute Gasteiger partial charge is 0.491 e. The summed E-state index contributed by atoms with van der Waals surface area (Å²) in [6, 6.07) is 8.73. The molecule has 0 aromatic heterocycles. The number of methoxy groups -OCH3 is 1. The number of hydrogen-bond acceptors (Lipinski definition) is 6. The first kappa shape index (κ1) is 17.4. The first-order valence-electron chi connectivity index (χ1n) is 6.71. The van der Waals surface area contributed by atoms with Crippen LogP contribution in [0.2, 0.25) is 0 Å². The zero-order valence-electron chi connectivity index (χ0n) is 12.4. The first-order valence-corrected chi connectivity index (χ1v) is 6.71. The van der Waals surface area contributed by atoms with Crippen molar-refractivity contribution in [1.29, 1.82) is 5.26 Å². The van der Waals surface area contributed by atoms with E-state index in [-0.39, 0.29) is 13.2 Å². The summed E-state index contributed by atoms with van der Waals surface area (Å²) in [7, 11) is 3.34. The van der Waals surface area contributed by atoms with Crippen molar-refractivity contribution in [3.05, 3.63) is 29.8 Å². The van der Waals surface area contributed by atoms with Crippen LogP contribution >= 0.6 is 0 Å². The van der Waals surface area contributed by atoms with Gasteiger partial charge in [-0.1, -0.05) is 0 Å². The molecule has 21 heavy (non-hydrogen) atoms. The van der Waals surface area contributed by atoms with E-state index in [1.807, 2.05) is 18.0 Å². The van der Waals surface area contributed by atoms with Crippen molar-refractivity contribution in [3.8, 4) is 11.8 Å². The van der Waals surface area contributed by atoms with Gasteiger partial charge in [0.1, 0.15) is 18.5 Å². The molecule has 0 radical (unpaired) electrons. The lowest BCUT2D eigenvalue weighted by Crippen LogP contribution is -2.38. The van der Waals surface area contributed by atoms with E-state index in [9.17, 15) is 10.2 Å². The lowest BCUT2D eigenvalue weighted by atomic mass is 10.2. The molecule has 1 aromatic rings. The molecule has 0 aliphatic carbocycles. The van der Waals surface area contributed by atoms with Gasteiger partial charge in [0, 0.05) is 20.2 Å². The van der Waals surface area contributed by atoms with Crippen molar-refractivity contribution in [2.75, 3.05) is 40.5 Å². The Hall–Kier alpha value is -1.65. The lowest BCUT2D eigenvalue weighted by molar-refractivity contribution is 0.0243. The van der Waals surface area contributed by atoms with Crippen molar-refractivity contribution in [2.45, 2.75) is 12.2 Å². The second-order valence-corrected chi connectivity index (χ2v) is 4.93. The molecule has 0 aliphatic heterocycles. The lowest BCUT2D eigenvalue weighted by Gasteiger charge is -2.23. The van der Waals surface area contributed by atoms with Crippen LogP contribution in [0, 0.1) is 11.3 Å². The number of aliphatic hydroxyl groups is 2. The number of nitriles is 1. The Morgan fingerprint density at radius 2 is 1.71 bits per heavy atom. The van der Waals surface area contributed by atoms with Crippen LogP contribution in [0.5, 0.6) is 5.75 Å². The van der Waals surface area contributed by atoms with Gasteiger partial charge in [-0.25, -0.2) is 0 Å². The Labute approximate surface area is 125 Å². The van der Waals surface area contributed by atoms with E-state index in [0.717, 1.165) is 0 Å². The van der Waals surface area contributed by atoms with Crippen molar-refractivity contribution >= 4 is 0 Å². The van der Waals surface area contributed by atoms with Gasteiger partial charge in [-0.15, -0.1) is 0 Å². The summed E-state index contributed by atoms with van der Waals surface area (Å²) in [5.74, 6) is 0.607. The molecule has 0 spiro atoms. The zero-order valence-corrected chi connectivity index (χ0v) is 12.4. The Morgan fingerprint density at radius 1 is 1.14 bits per heavy atom. The van der Waals surface area contributed by atoms with E-state index >= 15 is 0 Å². The number of hydrogen-bond donors (Lipinski definition) is 2. The van der Waals surface area contributed by atoms with Crippen LogP contribution in [-0.2, 0) is 4.74 Å². The number of likely N-dealkylation sites (N-methyl/N-ethyl adjacent to an activating group) is 1. The Morgan fingerprint density at radius 3 is 2.24 bits per heavy atom. The quantitative estimate of drug-likeness (QED) is 0.678. The van der Waals surface area contributed by atoms with E-state index in [4.69, 9.17) is 14.7 Å². The number of benzene rings is 1. The fourth-order valence-electron chi connectivity index (χ4n) is 1.91. The van der Waals surface area contributed by atoms with Crippen LogP contribution in [0.4, 0.5) is 0 Å². The molecular formula is C15H22N2O4. The zero-order chi connectivity index (χ0) is 15.7. The average molecular weight is 294 g/mol. The van der Waals surface area contributed by atoms with Gasteiger partial charge in [0.2, 0.25) is 0 Å². The van der Waals surface area contributed by atoms with Gasteiger partial charge in [-0.2, -0.15) is 5.26 Å². The normalized spacial score (nSPS) is 13.7. The molecule has 0 fully saturated rings. The van der Waals surface area contributed by atoms with Crippen molar-refractivity contribution in [3.63, 3.8) is 0 Å². The summed E-state index contributed by atoms with van der Waals surface area (Å²) in [4.78, 5) is 1.82. The highest BCUT2D eigenvalue weighted by molar-refractivity contribution is 5.34. The van der Waals surface area contributed by atoms with Crippen molar-refractivity contribution in [1.82, 2.24) is 4.90 Å². The summed E-state index contributed by atoms with van der Waals surface area (Å²) in [6.07, 6.45) is -1.24. The highest BCUT2D eigenvalue weighted by Crippen LogP contribution is 2.11. The highest BCUT2D eigenvalue weighted by Gasteiger charge is 2.13. The molecule has 0 aliphatic rings. The molecule has 2 unspecified atom stereocenters. The van der Waals surface area contributed by atoms with Gasteiger partial charge in [0.25, 0.3) is 0 Å². The summed E-state index contributed by atoms with van der Waals surface area (Å²) in [5, 5.41) is 28.2. The molecule has 6 nitrogen and oxygen atoms in total. The van der Waals surface area contributed by atoms with Gasteiger partial charge < -0.3 is 24.6 Å². The molecular weight excluding hydrogens is 272 g/mol. The third kappa shape index (κ3) is 7.06. The number of aliphatic hydroxyl groups excluding tert-OH is 2. The monoisotopic (exact) mass is 294 g/mol. The number of nitrogens with zero attached hydrogens (tertiary/aromatic N) is 2. The van der Waals surface area contributed by atoms with Gasteiger partial charge in [-0.3, -0.25) is 0 Å². The van der Waals surface area contributed by atoms with Crippen LogP contribution in [0.15, 0.2) is 24.3 Å². The fourth-order valence-corrected chi connectivity index (χ4v) is 1.91. The van der Waals surface area contributed by atoms with Crippen molar-refractivity contribution < 1.29 is 19.7 Å². The first-order chi connectivity index (χ1) is 10.0. The maximum absolute atomic E-state index is 9.89. The van der Waals surface area contributed by atoms with Crippen LogP contribution < -0.4 is 4.74 Å². The van der Waals surface area contributed by atoms with E-state index in [1.54, 1.807) is 24.3 Å². The smallest absolute Gasteiger partial charge is 0.119 e. The summed E-state index contributed by atoms with van der Waals surface area (Å²) in [6.45, 7) is 1.22. The minimum absolute atomic E-state index is 0.149. The van der Waals surface area contributed by atoms with Crippen molar-refractivity contribution in [2.24, 2.45) is 0 Å². The standard InChI is InChI=1S/C15H22N2O4/c1-17(8-13(18)10-20-2)9-14(19)11-21-15-5-3-12(7-16)4-6-15/h3-6,13-14,18-19H,8-11H2,1-2H3. The predicted octanol–water partition coefficient (Wildman–Crippen LogP) is 0.237. The maximum Gasteiger partial charge on any atom is 0.119 e. The number of ether oxygens (including phenoxy) is 2. The van der Waals surface area contributed by atoms with Crippen LogP contribution in [0.1, 0.15) is 5.56 Å². The second kappa shape index (κ2) is 9.32. The Kier molecular flexibility index (Phi) is 7.72. The summed E-state index contributed by atoms with van der Waals surface area (Å²) < 4.78 is 10.3. The third-order valence-electron chi connectivity index (χ3n) is 2.83. The minimum Gasteiger partial charge on any atom is -0.491 e. The molecule has 1 aromatic carbocycles. The van der Waals surface area contributed by atoms with E-state index in [2.05, 4.69) is 0 Å². The molecule has 0 saturated heterocycles. The summed E-state index contributed by atoms with van der Waals surface area (Å²) >= 11 is 0. The van der Waals surface area contributed by atoms with Crippen LogP contribution in [0.25, 0.3) is 0 Å². The van der Waals surface area contributed by atoms with E-state index < -0.39 is 12.2 Å². The molecule has 1 rings (SSSR count). The van der Waals surface area contributed by atoms with Gasteiger partial charge >= 0.3 is 0 Å². The molecule has 0 saturated carbocycles. The SMILES string of the molecule is COCC(O)CN(C)CC(O)COc1ccc(C#N)cc1. The topological polar surface area (TPSA) is 86.0 Å². The number of rotatable bonds is 9. The Balaban J connectivity index is 2.29. The third-order valence-corrected chi connectivity index (χ3v) is 2.83. The van der Waals surface area contributed by atoms with Crippen LogP contribution in [0.3, 0.4) is 0 Å². The molecule has 2 N–H and O–H groups in total. The van der Waals surface area contributed by atoms with E-state index in [1.165, 1.54) is 7.11 Å². The molecule has 0 bridgehead atoms. The Bertz CT molecular complexity index is 444.